The summed E-state index contributed by atoms with van der Waals surface area (Å²) in [4.78, 5) is 10.3. The van der Waals surface area contributed by atoms with Crippen LogP contribution in [0.4, 0.5) is 0 Å². The first-order valence-electron chi connectivity index (χ1n) is 3.58. The van der Waals surface area contributed by atoms with Gasteiger partial charge in [-0.05, 0) is 12.3 Å². The molecule has 1 rings (SSSR count). The Kier molecular flexibility index (Phi) is 4.11. The average molecular weight is 160 g/mol. The molecule has 0 aromatic rings. The van der Waals surface area contributed by atoms with E-state index in [2.05, 4.69) is 6.92 Å². The van der Waals surface area contributed by atoms with Crippen molar-refractivity contribution in [3.05, 3.63) is 0 Å². The van der Waals surface area contributed by atoms with Gasteiger partial charge in [-0.25, -0.2) is 4.79 Å². The zero-order valence-electron chi connectivity index (χ0n) is 6.04. The van der Waals surface area contributed by atoms with Crippen molar-refractivity contribution in [3.63, 3.8) is 0 Å². The zero-order chi connectivity index (χ0) is 7.56. The molecule has 66 valence electrons. The molecular weight excluding hydrogens is 144 g/mol. The molecule has 1 aliphatic rings. The van der Waals surface area contributed by atoms with Crippen LogP contribution in [-0.4, -0.2) is 23.8 Å². The fourth-order valence-corrected chi connectivity index (χ4v) is 1.15. The third-order valence-electron chi connectivity index (χ3n) is 1.93. The molecule has 0 aromatic carbocycles. The maximum Gasteiger partial charge on any atom is 0.332 e. The minimum Gasteiger partial charge on any atom is -0.479 e. The number of carboxylic acids is 1. The molecule has 1 fully saturated rings. The van der Waals surface area contributed by atoms with Crippen molar-refractivity contribution in [1.29, 1.82) is 0 Å². The molecular formula is C8H16O3. The second kappa shape index (κ2) is 4.34. The summed E-state index contributed by atoms with van der Waals surface area (Å²) < 4.78 is 5.02. The maximum absolute atomic E-state index is 10.3. The highest BCUT2D eigenvalue weighted by Crippen LogP contribution is 2.21. The summed E-state index contributed by atoms with van der Waals surface area (Å²) in [5, 5.41) is 8.50. The van der Waals surface area contributed by atoms with Gasteiger partial charge in [0.05, 0.1) is 6.61 Å². The lowest BCUT2D eigenvalue weighted by molar-refractivity contribution is -0.147. The van der Waals surface area contributed by atoms with Crippen LogP contribution in [0.5, 0.6) is 0 Å². The van der Waals surface area contributed by atoms with Crippen LogP contribution in [-0.2, 0) is 9.53 Å². The van der Waals surface area contributed by atoms with E-state index in [4.69, 9.17) is 9.84 Å². The number of hydrogen-bond donors (Lipinski definition) is 1. The average Bonchev–Trinajstić information content (AvgIpc) is 2.34. The van der Waals surface area contributed by atoms with Gasteiger partial charge in [-0.2, -0.15) is 0 Å². The van der Waals surface area contributed by atoms with E-state index in [0.717, 1.165) is 6.42 Å². The van der Waals surface area contributed by atoms with Gasteiger partial charge in [0.25, 0.3) is 0 Å². The minimum absolute atomic E-state index is 0. The van der Waals surface area contributed by atoms with Gasteiger partial charge in [-0.15, -0.1) is 0 Å². The van der Waals surface area contributed by atoms with Crippen LogP contribution >= 0.6 is 0 Å². The Morgan fingerprint density at radius 2 is 2.36 bits per heavy atom. The van der Waals surface area contributed by atoms with Crippen LogP contribution in [0, 0.1) is 5.92 Å². The van der Waals surface area contributed by atoms with Crippen LogP contribution in [0.25, 0.3) is 0 Å². The van der Waals surface area contributed by atoms with Crippen LogP contribution in [0.2, 0.25) is 0 Å². The third-order valence-corrected chi connectivity index (χ3v) is 1.93. The summed E-state index contributed by atoms with van der Waals surface area (Å²) in [6.45, 7) is 2.67. The molecule has 11 heavy (non-hydrogen) atoms. The summed E-state index contributed by atoms with van der Waals surface area (Å²) in [7, 11) is 0. The molecule has 1 heterocycles. The van der Waals surface area contributed by atoms with E-state index in [1.165, 1.54) is 0 Å². The molecule has 0 saturated carbocycles. The van der Waals surface area contributed by atoms with Gasteiger partial charge in [-0.3, -0.25) is 0 Å². The molecule has 0 radical (unpaired) electrons. The standard InChI is InChI=1S/C7H12O3.CH4/c1-2-5-3-6(7(8)9)10-4-5;/h5-6H,2-4H2,1H3,(H,8,9);1H4. The molecule has 1 saturated heterocycles. The second-order valence-electron chi connectivity index (χ2n) is 2.67. The van der Waals surface area contributed by atoms with Gasteiger partial charge in [0.15, 0.2) is 6.10 Å². The van der Waals surface area contributed by atoms with E-state index in [0.29, 0.717) is 18.9 Å². The summed E-state index contributed by atoms with van der Waals surface area (Å²) >= 11 is 0. The molecule has 0 bridgehead atoms. The van der Waals surface area contributed by atoms with E-state index in [9.17, 15) is 4.79 Å². The largest absolute Gasteiger partial charge is 0.479 e. The smallest absolute Gasteiger partial charge is 0.332 e. The molecule has 1 aliphatic heterocycles. The number of carboxylic acid groups (broad SMARTS) is 1. The lowest BCUT2D eigenvalue weighted by atomic mass is 10.0. The normalized spacial score (nSPS) is 29.5. The van der Waals surface area contributed by atoms with Crippen LogP contribution in [0.3, 0.4) is 0 Å². The van der Waals surface area contributed by atoms with Gasteiger partial charge < -0.3 is 9.84 Å². The van der Waals surface area contributed by atoms with Crippen molar-refractivity contribution in [3.8, 4) is 0 Å². The van der Waals surface area contributed by atoms with Crippen LogP contribution < -0.4 is 0 Å². The summed E-state index contributed by atoms with van der Waals surface area (Å²) in [5.41, 5.74) is 0. The van der Waals surface area contributed by atoms with E-state index >= 15 is 0 Å². The first kappa shape index (κ1) is 10.4. The Morgan fingerprint density at radius 3 is 2.64 bits per heavy atom. The van der Waals surface area contributed by atoms with Crippen LogP contribution in [0.1, 0.15) is 27.2 Å². The van der Waals surface area contributed by atoms with Crippen molar-refractivity contribution < 1.29 is 14.6 Å². The van der Waals surface area contributed by atoms with Gasteiger partial charge in [-0.1, -0.05) is 20.8 Å². The Balaban J connectivity index is 0.000001000. The van der Waals surface area contributed by atoms with Crippen LogP contribution in [0.15, 0.2) is 0 Å². The second-order valence-corrected chi connectivity index (χ2v) is 2.67. The van der Waals surface area contributed by atoms with E-state index < -0.39 is 12.1 Å². The SMILES string of the molecule is C.CCC1COC(C(=O)O)C1. The third kappa shape index (κ3) is 2.50. The topological polar surface area (TPSA) is 46.5 Å². The van der Waals surface area contributed by atoms with Gasteiger partial charge in [0.1, 0.15) is 0 Å². The zero-order valence-corrected chi connectivity index (χ0v) is 6.04. The highest BCUT2D eigenvalue weighted by molar-refractivity contribution is 5.72. The lowest BCUT2D eigenvalue weighted by Crippen LogP contribution is -2.18. The molecule has 0 aromatic heterocycles. The predicted octanol–water partition coefficient (Wildman–Crippen LogP) is 1.52. The van der Waals surface area contributed by atoms with Crippen molar-refractivity contribution in [2.45, 2.75) is 33.3 Å². The minimum atomic E-state index is -0.823. The van der Waals surface area contributed by atoms with E-state index in [1.807, 2.05) is 0 Å². The Hall–Kier alpha value is -0.570. The van der Waals surface area contributed by atoms with E-state index in [1.54, 1.807) is 0 Å². The van der Waals surface area contributed by atoms with Gasteiger partial charge in [0, 0.05) is 0 Å². The molecule has 2 atom stereocenters. The predicted molar refractivity (Wildman–Crippen MR) is 42.5 cm³/mol. The molecule has 3 heteroatoms. The number of aliphatic carboxylic acids is 1. The first-order valence-corrected chi connectivity index (χ1v) is 3.58. The monoisotopic (exact) mass is 160 g/mol. The van der Waals surface area contributed by atoms with Crippen molar-refractivity contribution >= 4 is 5.97 Å². The fourth-order valence-electron chi connectivity index (χ4n) is 1.15. The molecule has 0 spiro atoms. The molecule has 0 amide bonds. The molecule has 3 nitrogen and oxygen atoms in total. The Labute approximate surface area is 67.4 Å². The fraction of sp³-hybridized carbons (Fsp3) is 0.875. The summed E-state index contributed by atoms with van der Waals surface area (Å²) in [6.07, 6.45) is 1.17. The highest BCUT2D eigenvalue weighted by Gasteiger charge is 2.29. The highest BCUT2D eigenvalue weighted by atomic mass is 16.5. The number of ether oxygens (including phenoxy) is 1. The number of carbonyl (C=O) groups is 1. The lowest BCUT2D eigenvalue weighted by Gasteiger charge is -2.00. The molecule has 0 aliphatic carbocycles. The number of hydrogen-bond acceptors (Lipinski definition) is 2. The quantitative estimate of drug-likeness (QED) is 0.666. The number of rotatable bonds is 2. The summed E-state index contributed by atoms with van der Waals surface area (Å²) in [6, 6.07) is 0. The van der Waals surface area contributed by atoms with Crippen molar-refractivity contribution in [1.82, 2.24) is 0 Å². The Morgan fingerprint density at radius 1 is 1.73 bits per heavy atom. The first-order chi connectivity index (χ1) is 4.74. The maximum atomic E-state index is 10.3. The van der Waals surface area contributed by atoms with E-state index in [-0.39, 0.29) is 7.43 Å². The molecule has 2 unspecified atom stereocenters. The Bertz CT molecular complexity index is 133. The summed E-state index contributed by atoms with van der Waals surface area (Å²) in [5.74, 6) is -0.364. The van der Waals surface area contributed by atoms with Gasteiger partial charge >= 0.3 is 5.97 Å². The van der Waals surface area contributed by atoms with Crippen molar-refractivity contribution in [2.24, 2.45) is 5.92 Å². The van der Waals surface area contributed by atoms with Gasteiger partial charge in [0.2, 0.25) is 0 Å². The van der Waals surface area contributed by atoms with Crippen molar-refractivity contribution in [2.75, 3.05) is 6.61 Å². The molecule has 1 N–H and O–H groups in total.